The van der Waals surface area contributed by atoms with Gasteiger partial charge in [0, 0.05) is 36.4 Å². The number of aromatic nitrogens is 3. The molecule has 1 aliphatic rings. The van der Waals surface area contributed by atoms with Crippen LogP contribution in [0.4, 0.5) is 5.95 Å². The number of anilines is 1. The Labute approximate surface area is 157 Å². The summed E-state index contributed by atoms with van der Waals surface area (Å²) in [6.07, 6.45) is 4.00. The highest BCUT2D eigenvalue weighted by Gasteiger charge is 2.19. The van der Waals surface area contributed by atoms with Crippen molar-refractivity contribution < 1.29 is 9.47 Å². The van der Waals surface area contributed by atoms with Crippen LogP contribution in [0.3, 0.4) is 0 Å². The molecule has 5 rings (SSSR count). The Morgan fingerprint density at radius 2 is 1.85 bits per heavy atom. The first-order chi connectivity index (χ1) is 13.3. The van der Waals surface area contributed by atoms with Crippen LogP contribution < -0.4 is 9.64 Å². The van der Waals surface area contributed by atoms with Gasteiger partial charge in [-0.05, 0) is 29.8 Å². The third-order valence-corrected chi connectivity index (χ3v) is 5.04. The summed E-state index contributed by atoms with van der Waals surface area (Å²) in [5.41, 5.74) is 4.30. The van der Waals surface area contributed by atoms with Crippen molar-refractivity contribution in [1.82, 2.24) is 14.4 Å². The Kier molecular flexibility index (Phi) is 3.90. The van der Waals surface area contributed by atoms with Gasteiger partial charge in [0.1, 0.15) is 5.75 Å². The maximum atomic E-state index is 5.45. The summed E-state index contributed by atoms with van der Waals surface area (Å²) in [6.45, 7) is 3.07. The number of hydrogen-bond acceptors (Lipinski definition) is 5. The van der Waals surface area contributed by atoms with E-state index in [2.05, 4.69) is 44.7 Å². The molecule has 1 aromatic carbocycles. The quantitative estimate of drug-likeness (QED) is 0.560. The predicted octanol–water partition coefficient (Wildman–Crippen LogP) is 3.39. The van der Waals surface area contributed by atoms with Gasteiger partial charge < -0.3 is 18.8 Å². The third kappa shape index (κ3) is 2.69. The van der Waals surface area contributed by atoms with Gasteiger partial charge in [-0.15, -0.1) is 0 Å². The number of benzene rings is 1. The lowest BCUT2D eigenvalue weighted by Gasteiger charge is -2.26. The molecule has 1 fully saturated rings. The molecule has 27 heavy (non-hydrogen) atoms. The first-order valence-electron chi connectivity index (χ1n) is 9.08. The van der Waals surface area contributed by atoms with Crippen molar-refractivity contribution in [2.45, 2.75) is 0 Å². The van der Waals surface area contributed by atoms with Crippen LogP contribution in [-0.2, 0) is 4.74 Å². The van der Waals surface area contributed by atoms with E-state index in [1.807, 2.05) is 24.4 Å². The zero-order valence-electron chi connectivity index (χ0n) is 15.1. The zero-order valence-corrected chi connectivity index (χ0v) is 15.1. The van der Waals surface area contributed by atoms with Gasteiger partial charge in [0.15, 0.2) is 5.65 Å². The second-order valence-electron chi connectivity index (χ2n) is 6.57. The molecule has 1 saturated heterocycles. The van der Waals surface area contributed by atoms with E-state index in [1.165, 1.54) is 0 Å². The minimum Gasteiger partial charge on any atom is -0.497 e. The molecule has 4 heterocycles. The summed E-state index contributed by atoms with van der Waals surface area (Å²) in [7, 11) is 1.68. The van der Waals surface area contributed by atoms with Crippen molar-refractivity contribution in [2.24, 2.45) is 0 Å². The van der Waals surface area contributed by atoms with E-state index >= 15 is 0 Å². The fourth-order valence-electron chi connectivity index (χ4n) is 3.67. The first-order valence-corrected chi connectivity index (χ1v) is 9.08. The molecule has 136 valence electrons. The summed E-state index contributed by atoms with van der Waals surface area (Å²) in [4.78, 5) is 11.8. The molecule has 0 amide bonds. The summed E-state index contributed by atoms with van der Waals surface area (Å²) in [5.74, 6) is 1.60. The smallest absolute Gasteiger partial charge is 0.227 e. The summed E-state index contributed by atoms with van der Waals surface area (Å²) >= 11 is 0. The van der Waals surface area contributed by atoms with Crippen molar-refractivity contribution in [3.63, 3.8) is 0 Å². The lowest BCUT2D eigenvalue weighted by atomic mass is 10.0. The van der Waals surface area contributed by atoms with Crippen LogP contribution in [0.15, 0.2) is 54.9 Å². The minimum atomic E-state index is 0.716. The number of hydrogen-bond donors (Lipinski definition) is 0. The van der Waals surface area contributed by atoms with E-state index in [9.17, 15) is 0 Å². The topological polar surface area (TPSA) is 51.9 Å². The number of pyridine rings is 1. The number of rotatable bonds is 3. The Hall–Kier alpha value is -3.12. The number of ether oxygens (including phenoxy) is 2. The summed E-state index contributed by atoms with van der Waals surface area (Å²) < 4.78 is 12.9. The van der Waals surface area contributed by atoms with E-state index in [4.69, 9.17) is 14.5 Å². The third-order valence-electron chi connectivity index (χ3n) is 5.04. The molecular formula is C21H20N4O2. The Morgan fingerprint density at radius 1 is 1.04 bits per heavy atom. The van der Waals surface area contributed by atoms with Crippen LogP contribution in [-0.4, -0.2) is 47.8 Å². The van der Waals surface area contributed by atoms with Gasteiger partial charge in [0.2, 0.25) is 5.95 Å². The fourth-order valence-corrected chi connectivity index (χ4v) is 3.67. The molecule has 0 bridgehead atoms. The van der Waals surface area contributed by atoms with E-state index in [0.29, 0.717) is 13.2 Å². The van der Waals surface area contributed by atoms with Gasteiger partial charge >= 0.3 is 0 Å². The molecule has 0 saturated carbocycles. The maximum Gasteiger partial charge on any atom is 0.227 e. The van der Waals surface area contributed by atoms with Crippen LogP contribution >= 0.6 is 0 Å². The Bertz CT molecular complexity index is 1100. The molecular weight excluding hydrogens is 340 g/mol. The highest BCUT2D eigenvalue weighted by Crippen LogP contribution is 2.35. The normalized spacial score (nSPS) is 14.8. The van der Waals surface area contributed by atoms with Gasteiger partial charge in [-0.3, -0.25) is 0 Å². The second-order valence-corrected chi connectivity index (χ2v) is 6.57. The van der Waals surface area contributed by atoms with Gasteiger partial charge in [-0.1, -0.05) is 18.2 Å². The highest BCUT2D eigenvalue weighted by atomic mass is 16.5. The van der Waals surface area contributed by atoms with Crippen LogP contribution in [0.25, 0.3) is 27.7 Å². The molecule has 0 aliphatic carbocycles. The largest absolute Gasteiger partial charge is 0.497 e. The van der Waals surface area contributed by atoms with Crippen LogP contribution in [0, 0.1) is 0 Å². The SMILES string of the molecule is COc1ccc(-c2c3cnc(N4CCOCC4)nc3n3ccccc23)cc1. The van der Waals surface area contributed by atoms with E-state index in [0.717, 1.165) is 52.5 Å². The molecule has 0 spiro atoms. The standard InChI is InChI=1S/C21H20N4O2/c1-26-16-7-5-15(6-8-16)19-17-14-22-21(24-10-12-27-13-11-24)23-20(17)25-9-3-2-4-18(19)25/h2-9,14H,10-13H2,1H3. The first kappa shape index (κ1) is 16.1. The van der Waals surface area contributed by atoms with E-state index in [1.54, 1.807) is 7.11 Å². The number of morpholine rings is 1. The predicted molar refractivity (Wildman–Crippen MR) is 106 cm³/mol. The van der Waals surface area contributed by atoms with Gasteiger partial charge in [0.25, 0.3) is 0 Å². The molecule has 1 aliphatic heterocycles. The monoisotopic (exact) mass is 360 g/mol. The van der Waals surface area contributed by atoms with E-state index in [-0.39, 0.29) is 0 Å². The number of fused-ring (bicyclic) bond motifs is 3. The lowest BCUT2D eigenvalue weighted by molar-refractivity contribution is 0.122. The zero-order chi connectivity index (χ0) is 18.2. The van der Waals surface area contributed by atoms with E-state index < -0.39 is 0 Å². The van der Waals surface area contributed by atoms with Crippen molar-refractivity contribution in [3.05, 3.63) is 54.9 Å². The molecule has 0 unspecified atom stereocenters. The Balaban J connectivity index is 1.71. The Morgan fingerprint density at radius 3 is 2.63 bits per heavy atom. The van der Waals surface area contributed by atoms with Crippen molar-refractivity contribution >= 4 is 22.5 Å². The molecule has 0 radical (unpaired) electrons. The number of nitrogens with zero attached hydrogens (tertiary/aromatic N) is 4. The van der Waals surface area contributed by atoms with Gasteiger partial charge in [-0.2, -0.15) is 4.98 Å². The average Bonchev–Trinajstić information content (AvgIpc) is 3.08. The maximum absolute atomic E-state index is 5.45. The highest BCUT2D eigenvalue weighted by molar-refractivity contribution is 6.04. The molecule has 0 N–H and O–H groups in total. The molecule has 4 aromatic rings. The molecule has 0 atom stereocenters. The summed E-state index contributed by atoms with van der Waals surface area (Å²) in [5, 5.41) is 1.04. The molecule has 6 nitrogen and oxygen atoms in total. The number of methoxy groups -OCH3 is 1. The van der Waals surface area contributed by atoms with Crippen molar-refractivity contribution in [3.8, 4) is 16.9 Å². The molecule has 3 aromatic heterocycles. The molecule has 6 heteroatoms. The van der Waals surface area contributed by atoms with Gasteiger partial charge in [-0.25, -0.2) is 4.98 Å². The minimum absolute atomic E-state index is 0.716. The summed E-state index contributed by atoms with van der Waals surface area (Å²) in [6, 6.07) is 14.3. The van der Waals surface area contributed by atoms with Crippen molar-refractivity contribution in [1.29, 1.82) is 0 Å². The van der Waals surface area contributed by atoms with Crippen LogP contribution in [0.2, 0.25) is 0 Å². The van der Waals surface area contributed by atoms with Crippen LogP contribution in [0.5, 0.6) is 5.75 Å². The average molecular weight is 360 g/mol. The van der Waals surface area contributed by atoms with Gasteiger partial charge in [0.05, 0.1) is 25.8 Å². The second kappa shape index (κ2) is 6.55. The van der Waals surface area contributed by atoms with Crippen LogP contribution in [0.1, 0.15) is 0 Å². The van der Waals surface area contributed by atoms with Crippen molar-refractivity contribution in [2.75, 3.05) is 38.3 Å². The fraction of sp³-hybridized carbons (Fsp3) is 0.238. The lowest BCUT2D eigenvalue weighted by Crippen LogP contribution is -2.37.